The molecular formula is C13H25N3. The lowest BCUT2D eigenvalue weighted by Crippen LogP contribution is -2.25. The van der Waals surface area contributed by atoms with Crippen molar-refractivity contribution in [2.24, 2.45) is 5.73 Å². The Labute approximate surface area is 99.0 Å². The van der Waals surface area contributed by atoms with Crippen LogP contribution >= 0.6 is 0 Å². The van der Waals surface area contributed by atoms with Crippen LogP contribution in [0.1, 0.15) is 58.3 Å². The Morgan fingerprint density at radius 1 is 1.38 bits per heavy atom. The van der Waals surface area contributed by atoms with Gasteiger partial charge in [0.15, 0.2) is 0 Å². The summed E-state index contributed by atoms with van der Waals surface area (Å²) in [6, 6.07) is 2.23. The van der Waals surface area contributed by atoms with Crippen LogP contribution in [0.2, 0.25) is 0 Å². The molecule has 2 N–H and O–H groups in total. The van der Waals surface area contributed by atoms with Gasteiger partial charge in [-0.3, -0.25) is 4.68 Å². The average molecular weight is 223 g/mol. The molecule has 0 aliphatic heterocycles. The lowest BCUT2D eigenvalue weighted by atomic mass is 10.1. The maximum absolute atomic E-state index is 5.53. The minimum atomic E-state index is 0.0561. The van der Waals surface area contributed by atoms with E-state index in [1.54, 1.807) is 0 Å². The van der Waals surface area contributed by atoms with Gasteiger partial charge in [0.05, 0.1) is 11.2 Å². The highest BCUT2D eigenvalue weighted by molar-refractivity contribution is 5.15. The largest absolute Gasteiger partial charge is 0.330 e. The van der Waals surface area contributed by atoms with E-state index < -0.39 is 0 Å². The number of rotatable bonds is 4. The summed E-state index contributed by atoms with van der Waals surface area (Å²) in [5.74, 6) is 0.512. The maximum Gasteiger partial charge on any atom is 0.0628 e. The topological polar surface area (TPSA) is 43.8 Å². The zero-order valence-corrected chi connectivity index (χ0v) is 11.2. The Morgan fingerprint density at radius 3 is 2.38 bits per heavy atom. The summed E-state index contributed by atoms with van der Waals surface area (Å²) in [6.45, 7) is 11.7. The van der Waals surface area contributed by atoms with Gasteiger partial charge in [-0.05, 0) is 52.1 Å². The van der Waals surface area contributed by atoms with Gasteiger partial charge in [-0.2, -0.15) is 5.10 Å². The Kier molecular flexibility index (Phi) is 4.14. The minimum Gasteiger partial charge on any atom is -0.330 e. The molecule has 0 spiro atoms. The third-order valence-electron chi connectivity index (χ3n) is 2.65. The fourth-order valence-electron chi connectivity index (χ4n) is 1.80. The Balaban J connectivity index is 3.01. The molecule has 0 saturated heterocycles. The normalized spacial score (nSPS) is 12.4. The summed E-state index contributed by atoms with van der Waals surface area (Å²) in [5, 5.41) is 4.70. The molecule has 0 radical (unpaired) electrons. The van der Waals surface area contributed by atoms with E-state index in [9.17, 15) is 0 Å². The van der Waals surface area contributed by atoms with Gasteiger partial charge in [-0.15, -0.1) is 0 Å². The van der Waals surface area contributed by atoms with Crippen LogP contribution in [0.3, 0.4) is 0 Å². The van der Waals surface area contributed by atoms with E-state index in [-0.39, 0.29) is 5.54 Å². The molecule has 1 aromatic heterocycles. The summed E-state index contributed by atoms with van der Waals surface area (Å²) >= 11 is 0. The Hall–Kier alpha value is -0.830. The minimum absolute atomic E-state index is 0.0561. The summed E-state index contributed by atoms with van der Waals surface area (Å²) in [7, 11) is 0. The predicted octanol–water partition coefficient (Wildman–Crippen LogP) is 2.65. The van der Waals surface area contributed by atoms with Crippen LogP contribution in [0, 0.1) is 0 Å². The maximum atomic E-state index is 5.53. The van der Waals surface area contributed by atoms with Crippen molar-refractivity contribution in [3.63, 3.8) is 0 Å². The van der Waals surface area contributed by atoms with Gasteiger partial charge in [-0.1, -0.05) is 13.8 Å². The SMILES string of the molecule is CC(C)c1cc(CCCN)nn1C(C)(C)C. The van der Waals surface area contributed by atoms with Crippen molar-refractivity contribution in [1.82, 2.24) is 9.78 Å². The van der Waals surface area contributed by atoms with Crippen molar-refractivity contribution >= 4 is 0 Å². The predicted molar refractivity (Wildman–Crippen MR) is 68.7 cm³/mol. The number of nitrogens with two attached hydrogens (primary N) is 1. The van der Waals surface area contributed by atoms with Crippen LogP contribution in [0.15, 0.2) is 6.07 Å². The van der Waals surface area contributed by atoms with Gasteiger partial charge in [0.25, 0.3) is 0 Å². The number of aryl methyl sites for hydroxylation is 1. The van der Waals surface area contributed by atoms with E-state index in [1.165, 1.54) is 11.4 Å². The van der Waals surface area contributed by atoms with E-state index in [0.717, 1.165) is 19.4 Å². The second-order valence-electron chi connectivity index (χ2n) is 5.69. The first-order valence-corrected chi connectivity index (χ1v) is 6.15. The van der Waals surface area contributed by atoms with Crippen molar-refractivity contribution in [3.05, 3.63) is 17.5 Å². The smallest absolute Gasteiger partial charge is 0.0628 e. The van der Waals surface area contributed by atoms with E-state index >= 15 is 0 Å². The van der Waals surface area contributed by atoms with E-state index in [4.69, 9.17) is 10.8 Å². The second kappa shape index (κ2) is 5.00. The average Bonchev–Trinajstić information content (AvgIpc) is 2.58. The highest BCUT2D eigenvalue weighted by Gasteiger charge is 2.20. The van der Waals surface area contributed by atoms with Crippen molar-refractivity contribution in [1.29, 1.82) is 0 Å². The molecule has 1 aromatic rings. The van der Waals surface area contributed by atoms with Crippen LogP contribution < -0.4 is 5.73 Å². The molecule has 0 fully saturated rings. The van der Waals surface area contributed by atoms with Crippen LogP contribution in [-0.4, -0.2) is 16.3 Å². The molecular weight excluding hydrogens is 198 g/mol. The second-order valence-corrected chi connectivity index (χ2v) is 5.69. The molecule has 0 saturated carbocycles. The van der Waals surface area contributed by atoms with Crippen molar-refractivity contribution < 1.29 is 0 Å². The van der Waals surface area contributed by atoms with E-state index in [2.05, 4.69) is 45.4 Å². The van der Waals surface area contributed by atoms with Gasteiger partial charge in [0.2, 0.25) is 0 Å². The third-order valence-corrected chi connectivity index (χ3v) is 2.65. The highest BCUT2D eigenvalue weighted by atomic mass is 15.3. The molecule has 0 aromatic carbocycles. The summed E-state index contributed by atoms with van der Waals surface area (Å²) in [5.41, 5.74) is 8.08. The van der Waals surface area contributed by atoms with Crippen LogP contribution in [-0.2, 0) is 12.0 Å². The molecule has 0 unspecified atom stereocenters. The standard InChI is InChI=1S/C13H25N3/c1-10(2)12-9-11(7-6-8-14)15-16(12)13(3,4)5/h9-10H,6-8,14H2,1-5H3. The number of nitrogens with zero attached hydrogens (tertiary/aromatic N) is 2. The van der Waals surface area contributed by atoms with Crippen LogP contribution in [0.25, 0.3) is 0 Å². The molecule has 0 aliphatic carbocycles. The van der Waals surface area contributed by atoms with Gasteiger partial charge >= 0.3 is 0 Å². The Morgan fingerprint density at radius 2 is 2.00 bits per heavy atom. The van der Waals surface area contributed by atoms with E-state index in [0.29, 0.717) is 5.92 Å². The zero-order valence-electron chi connectivity index (χ0n) is 11.2. The zero-order chi connectivity index (χ0) is 12.3. The monoisotopic (exact) mass is 223 g/mol. The van der Waals surface area contributed by atoms with Crippen molar-refractivity contribution in [3.8, 4) is 0 Å². The van der Waals surface area contributed by atoms with Gasteiger partial charge < -0.3 is 5.73 Å². The van der Waals surface area contributed by atoms with Crippen LogP contribution in [0.4, 0.5) is 0 Å². The van der Waals surface area contributed by atoms with Gasteiger partial charge in [0, 0.05) is 5.69 Å². The summed E-state index contributed by atoms with van der Waals surface area (Å²) in [6.07, 6.45) is 2.00. The van der Waals surface area contributed by atoms with E-state index in [1.807, 2.05) is 0 Å². The lowest BCUT2D eigenvalue weighted by molar-refractivity contribution is 0.337. The Bertz CT molecular complexity index is 331. The third kappa shape index (κ3) is 3.08. The molecule has 0 aliphatic rings. The first-order chi connectivity index (χ1) is 7.36. The molecule has 16 heavy (non-hydrogen) atoms. The number of hydrogen-bond acceptors (Lipinski definition) is 2. The molecule has 0 bridgehead atoms. The highest BCUT2D eigenvalue weighted by Crippen LogP contribution is 2.23. The fraction of sp³-hybridized carbons (Fsp3) is 0.769. The molecule has 3 heteroatoms. The number of aromatic nitrogens is 2. The molecule has 3 nitrogen and oxygen atoms in total. The lowest BCUT2D eigenvalue weighted by Gasteiger charge is -2.23. The van der Waals surface area contributed by atoms with Gasteiger partial charge in [-0.25, -0.2) is 0 Å². The van der Waals surface area contributed by atoms with Gasteiger partial charge in [0.1, 0.15) is 0 Å². The van der Waals surface area contributed by atoms with Crippen molar-refractivity contribution in [2.45, 2.75) is 58.9 Å². The van der Waals surface area contributed by atoms with Crippen molar-refractivity contribution in [2.75, 3.05) is 6.54 Å². The summed E-state index contributed by atoms with van der Waals surface area (Å²) in [4.78, 5) is 0. The van der Waals surface area contributed by atoms with Crippen LogP contribution in [0.5, 0.6) is 0 Å². The molecule has 92 valence electrons. The molecule has 1 rings (SSSR count). The summed E-state index contributed by atoms with van der Waals surface area (Å²) < 4.78 is 2.16. The number of hydrogen-bond donors (Lipinski definition) is 1. The molecule has 0 amide bonds. The fourth-order valence-corrected chi connectivity index (χ4v) is 1.80. The quantitative estimate of drug-likeness (QED) is 0.852. The first kappa shape index (κ1) is 13.2. The first-order valence-electron chi connectivity index (χ1n) is 6.15. The molecule has 0 atom stereocenters. The molecule has 1 heterocycles.